The van der Waals surface area contributed by atoms with Crippen molar-refractivity contribution < 1.29 is 39.1 Å². The standard InChI is InChI=1S/C28H44N2O8/c1(3-29-15-31-35-27(36-32-16-29)23-7-19-5-20(9-23)10-24(27)8-19)2-4-30-17-33-37-28(38-34-18-30)25-11-21-6-22(13-25)14-26(28)12-21/h19-26H,1-18H2. The lowest BCUT2D eigenvalue weighted by Crippen LogP contribution is -2.61. The van der Waals surface area contributed by atoms with Crippen LogP contribution >= 0.6 is 0 Å². The van der Waals surface area contributed by atoms with Crippen LogP contribution in [0.4, 0.5) is 0 Å². The molecule has 0 aromatic heterocycles. The van der Waals surface area contributed by atoms with E-state index in [2.05, 4.69) is 9.80 Å². The van der Waals surface area contributed by atoms with Gasteiger partial charge in [-0.3, -0.25) is 9.80 Å². The summed E-state index contributed by atoms with van der Waals surface area (Å²) in [6, 6.07) is 0. The smallest absolute Gasteiger partial charge is 0.239 e. The molecule has 8 bridgehead atoms. The number of hydrogen-bond acceptors (Lipinski definition) is 10. The van der Waals surface area contributed by atoms with Crippen LogP contribution in [-0.2, 0) is 39.1 Å². The third-order valence-electron chi connectivity index (χ3n) is 11.4. The van der Waals surface area contributed by atoms with Gasteiger partial charge in [0.1, 0.15) is 26.9 Å². The molecule has 10 aliphatic rings. The second-order valence-electron chi connectivity index (χ2n) is 13.9. The molecule has 2 heterocycles. The van der Waals surface area contributed by atoms with Crippen LogP contribution in [0.25, 0.3) is 0 Å². The van der Waals surface area contributed by atoms with Crippen molar-refractivity contribution in [1.29, 1.82) is 0 Å². The molecule has 10 heteroatoms. The van der Waals surface area contributed by atoms with Gasteiger partial charge in [-0.05, 0) is 101 Å². The van der Waals surface area contributed by atoms with Gasteiger partial charge in [-0.1, -0.05) is 0 Å². The molecular weight excluding hydrogens is 492 g/mol. The van der Waals surface area contributed by atoms with Crippen LogP contribution < -0.4 is 0 Å². The summed E-state index contributed by atoms with van der Waals surface area (Å²) in [5, 5.41) is 0. The van der Waals surface area contributed by atoms with Crippen molar-refractivity contribution in [3.63, 3.8) is 0 Å². The maximum absolute atomic E-state index is 6.03. The molecule has 2 spiro atoms. The van der Waals surface area contributed by atoms with E-state index >= 15 is 0 Å². The molecule has 0 atom stereocenters. The van der Waals surface area contributed by atoms with Crippen molar-refractivity contribution >= 4 is 0 Å². The van der Waals surface area contributed by atoms with Gasteiger partial charge in [0, 0.05) is 36.8 Å². The molecular formula is C28H44N2O8. The van der Waals surface area contributed by atoms with E-state index in [0.29, 0.717) is 50.6 Å². The third kappa shape index (κ3) is 4.38. The minimum Gasteiger partial charge on any atom is -0.252 e. The molecule has 8 saturated carbocycles. The minimum absolute atomic E-state index is 0.388. The Balaban J connectivity index is 0.765. The normalized spacial score (nSPS) is 45.8. The Morgan fingerprint density at radius 2 is 0.711 bits per heavy atom. The average Bonchev–Trinajstić information content (AvgIpc) is 2.86. The summed E-state index contributed by atoms with van der Waals surface area (Å²) in [4.78, 5) is 51.4. The molecule has 10 nitrogen and oxygen atoms in total. The van der Waals surface area contributed by atoms with Gasteiger partial charge in [-0.25, -0.2) is 19.6 Å². The molecule has 10 rings (SSSR count). The first-order chi connectivity index (χ1) is 18.7. The fourth-order valence-corrected chi connectivity index (χ4v) is 10.0. The van der Waals surface area contributed by atoms with Crippen LogP contribution in [0.2, 0.25) is 0 Å². The first kappa shape index (κ1) is 25.3. The molecule has 10 fully saturated rings. The predicted molar refractivity (Wildman–Crippen MR) is 130 cm³/mol. The maximum Gasteiger partial charge on any atom is 0.239 e. The molecule has 2 saturated heterocycles. The Bertz CT molecular complexity index is 711. The topological polar surface area (TPSA) is 80.3 Å². The first-order valence-corrected chi connectivity index (χ1v) is 15.4. The van der Waals surface area contributed by atoms with Crippen molar-refractivity contribution in [2.75, 3.05) is 40.0 Å². The highest BCUT2D eigenvalue weighted by atomic mass is 17.3. The summed E-state index contributed by atoms with van der Waals surface area (Å²) in [6.07, 6.45) is 14.1. The highest BCUT2D eigenvalue weighted by Crippen LogP contribution is 2.61. The fourth-order valence-electron chi connectivity index (χ4n) is 10.0. The molecule has 0 aromatic carbocycles. The van der Waals surface area contributed by atoms with Crippen LogP contribution in [-0.4, -0.2) is 61.4 Å². The van der Waals surface area contributed by atoms with Gasteiger partial charge < -0.3 is 0 Å². The minimum atomic E-state index is -0.704. The molecule has 0 N–H and O–H groups in total. The quantitative estimate of drug-likeness (QED) is 0.374. The van der Waals surface area contributed by atoms with E-state index in [1.807, 2.05) is 0 Å². The number of nitrogens with zero attached hydrogens (tertiary/aromatic N) is 2. The number of unbranched alkanes of at least 4 members (excludes halogenated alkanes) is 1. The molecule has 0 unspecified atom stereocenters. The van der Waals surface area contributed by atoms with Crippen LogP contribution in [0.1, 0.15) is 77.0 Å². The Labute approximate surface area is 225 Å². The highest BCUT2D eigenvalue weighted by molar-refractivity contribution is 5.04. The van der Waals surface area contributed by atoms with Gasteiger partial charge in [0.2, 0.25) is 11.6 Å². The molecule has 0 aromatic rings. The summed E-state index contributed by atoms with van der Waals surface area (Å²) < 4.78 is 0. The molecule has 2 aliphatic heterocycles. The zero-order valence-electron chi connectivity index (χ0n) is 22.5. The fraction of sp³-hybridized carbons (Fsp3) is 1.00. The zero-order chi connectivity index (χ0) is 25.2. The lowest BCUT2D eigenvalue weighted by Gasteiger charge is -2.58. The van der Waals surface area contributed by atoms with Crippen molar-refractivity contribution in [2.24, 2.45) is 47.3 Å². The monoisotopic (exact) mass is 536 g/mol. The van der Waals surface area contributed by atoms with E-state index in [0.717, 1.165) is 49.6 Å². The second kappa shape index (κ2) is 10.2. The van der Waals surface area contributed by atoms with Crippen molar-refractivity contribution in [3.8, 4) is 0 Å². The van der Waals surface area contributed by atoms with Crippen LogP contribution in [0.5, 0.6) is 0 Å². The van der Waals surface area contributed by atoms with Gasteiger partial charge in [0.05, 0.1) is 0 Å². The van der Waals surface area contributed by atoms with E-state index in [1.165, 1.54) is 64.2 Å². The van der Waals surface area contributed by atoms with Crippen LogP contribution in [0, 0.1) is 47.3 Å². The van der Waals surface area contributed by atoms with E-state index in [4.69, 9.17) is 39.1 Å². The van der Waals surface area contributed by atoms with Crippen molar-refractivity contribution in [2.45, 2.75) is 88.6 Å². The second-order valence-corrected chi connectivity index (χ2v) is 13.9. The summed E-state index contributed by atoms with van der Waals surface area (Å²) in [7, 11) is 0. The number of hydrogen-bond donors (Lipinski definition) is 0. The summed E-state index contributed by atoms with van der Waals surface area (Å²) in [5.74, 6) is 3.47. The van der Waals surface area contributed by atoms with Gasteiger partial charge in [-0.2, -0.15) is 19.6 Å². The lowest BCUT2D eigenvalue weighted by atomic mass is 9.53. The van der Waals surface area contributed by atoms with E-state index in [9.17, 15) is 0 Å². The SMILES string of the molecule is C(CCN1COOC2(OOC1)C1CC3CC(C1)CC2C3)CN1COOC2(OOC1)C1CC3CC(C1)CC2C3. The van der Waals surface area contributed by atoms with Crippen molar-refractivity contribution in [1.82, 2.24) is 9.80 Å². The Hall–Kier alpha value is -0.400. The molecule has 8 aliphatic carbocycles. The Kier molecular flexibility index (Phi) is 6.76. The van der Waals surface area contributed by atoms with Crippen LogP contribution in [0.15, 0.2) is 0 Å². The highest BCUT2D eigenvalue weighted by Gasteiger charge is 2.63. The predicted octanol–water partition coefficient (Wildman–Crippen LogP) is 4.33. The van der Waals surface area contributed by atoms with Crippen molar-refractivity contribution in [3.05, 3.63) is 0 Å². The molecule has 38 heavy (non-hydrogen) atoms. The Morgan fingerprint density at radius 3 is 1.00 bits per heavy atom. The van der Waals surface area contributed by atoms with E-state index < -0.39 is 11.6 Å². The largest absolute Gasteiger partial charge is 0.252 e. The van der Waals surface area contributed by atoms with E-state index in [1.54, 1.807) is 0 Å². The molecule has 214 valence electrons. The summed E-state index contributed by atoms with van der Waals surface area (Å²) in [5.41, 5.74) is 0. The average molecular weight is 537 g/mol. The molecule has 0 amide bonds. The lowest BCUT2D eigenvalue weighted by molar-refractivity contribution is -0.573. The van der Waals surface area contributed by atoms with Gasteiger partial charge >= 0.3 is 0 Å². The first-order valence-electron chi connectivity index (χ1n) is 15.4. The zero-order valence-corrected chi connectivity index (χ0v) is 22.5. The van der Waals surface area contributed by atoms with Crippen LogP contribution in [0.3, 0.4) is 0 Å². The summed E-state index contributed by atoms with van der Waals surface area (Å²) >= 11 is 0. The Morgan fingerprint density at radius 1 is 0.421 bits per heavy atom. The van der Waals surface area contributed by atoms with E-state index in [-0.39, 0.29) is 0 Å². The van der Waals surface area contributed by atoms with Gasteiger partial charge in [0.15, 0.2) is 0 Å². The number of rotatable bonds is 5. The van der Waals surface area contributed by atoms with Gasteiger partial charge in [-0.15, -0.1) is 0 Å². The maximum atomic E-state index is 6.03. The summed E-state index contributed by atoms with van der Waals surface area (Å²) in [6.45, 7) is 3.22. The third-order valence-corrected chi connectivity index (χ3v) is 11.4. The van der Waals surface area contributed by atoms with Gasteiger partial charge in [0.25, 0.3) is 0 Å². The molecule has 0 radical (unpaired) electrons.